The zero-order valence-corrected chi connectivity index (χ0v) is 21.4. The van der Waals surface area contributed by atoms with Gasteiger partial charge in [-0.3, -0.25) is 0 Å². The van der Waals surface area contributed by atoms with E-state index in [0.717, 1.165) is 17.0 Å². The van der Waals surface area contributed by atoms with E-state index in [1.165, 1.54) is 38.0 Å². The summed E-state index contributed by atoms with van der Waals surface area (Å²) in [4.78, 5) is 0. The van der Waals surface area contributed by atoms with Crippen molar-refractivity contribution in [1.29, 1.82) is 0 Å². The van der Waals surface area contributed by atoms with Crippen molar-refractivity contribution in [2.45, 2.75) is 85.4 Å². The zero-order valence-electron chi connectivity index (χ0n) is 23.4. The third-order valence-electron chi connectivity index (χ3n) is 8.10. The van der Waals surface area contributed by atoms with Crippen molar-refractivity contribution < 1.29 is 8.51 Å². The van der Waals surface area contributed by atoms with Crippen LogP contribution in [0.2, 0.25) is 13.1 Å². The van der Waals surface area contributed by atoms with E-state index in [4.69, 9.17) is 4.11 Å². The molecule has 0 saturated heterocycles. The van der Waals surface area contributed by atoms with E-state index in [1.807, 2.05) is 6.92 Å². The van der Waals surface area contributed by atoms with Crippen LogP contribution in [0.5, 0.6) is 0 Å². The van der Waals surface area contributed by atoms with Crippen molar-refractivity contribution in [3.8, 4) is 0 Å². The van der Waals surface area contributed by atoms with E-state index in [9.17, 15) is 0 Å². The molecule has 162 valence electrons. The van der Waals surface area contributed by atoms with Gasteiger partial charge in [0.1, 0.15) is 19.3 Å². The second-order valence-electron chi connectivity index (χ2n) is 10.9. The lowest BCUT2D eigenvalue weighted by Gasteiger charge is -2.41. The van der Waals surface area contributed by atoms with E-state index in [2.05, 4.69) is 93.9 Å². The smallest absolute Gasteiger partial charge is 0.225 e. The Bertz CT molecular complexity index is 1510. The fourth-order valence-electron chi connectivity index (χ4n) is 6.16. The summed E-state index contributed by atoms with van der Waals surface area (Å²) in [5, 5.41) is 4.18. The van der Waals surface area contributed by atoms with Crippen molar-refractivity contribution in [3.05, 3.63) is 52.8 Å². The average Bonchev–Trinajstić information content (AvgIpc) is 3.04. The molecule has 1 aliphatic rings. The standard InChI is InChI=1S/C28H37N2Si/c1-16(2)20-12-11-13-21-23-18(5)14-15-22-25(23)30-26(28(7,8)31(22,9)10)19(6)29(17(3)4)27(30)24(20)21/h11-17H,1-10H3/q+1/i7D3. The summed E-state index contributed by atoms with van der Waals surface area (Å²) in [5.74, 6) is 0.357. The van der Waals surface area contributed by atoms with Gasteiger partial charge in [-0.05, 0) is 43.0 Å². The number of pyridine rings is 1. The molecule has 3 heteroatoms. The highest BCUT2D eigenvalue weighted by Gasteiger charge is 2.53. The highest BCUT2D eigenvalue weighted by molar-refractivity contribution is 6.93. The van der Waals surface area contributed by atoms with Crippen LogP contribution in [0.25, 0.3) is 27.3 Å². The van der Waals surface area contributed by atoms with Crippen molar-refractivity contribution >= 4 is 40.6 Å². The molecule has 0 amide bonds. The highest BCUT2D eigenvalue weighted by atomic mass is 28.3. The predicted molar refractivity (Wildman–Crippen MR) is 137 cm³/mol. The molecular formula is C28H37N2Si+. The Morgan fingerprint density at radius 3 is 2.35 bits per heavy atom. The Balaban J connectivity index is 2.28. The summed E-state index contributed by atoms with van der Waals surface area (Å²) >= 11 is 0. The lowest BCUT2D eigenvalue weighted by atomic mass is 9.93. The lowest BCUT2D eigenvalue weighted by molar-refractivity contribution is -0.493. The Morgan fingerprint density at radius 2 is 1.74 bits per heavy atom. The molecule has 1 unspecified atom stereocenters. The second-order valence-corrected chi connectivity index (χ2v) is 15.7. The van der Waals surface area contributed by atoms with Crippen LogP contribution in [0.4, 0.5) is 0 Å². The number of imidazole rings is 1. The Labute approximate surface area is 192 Å². The summed E-state index contributed by atoms with van der Waals surface area (Å²) < 4.78 is 31.3. The van der Waals surface area contributed by atoms with Crippen LogP contribution >= 0.6 is 0 Å². The molecule has 2 aromatic heterocycles. The molecule has 2 nitrogen and oxygen atoms in total. The average molecular weight is 433 g/mol. The second kappa shape index (κ2) is 6.22. The maximum absolute atomic E-state index is 8.85. The topological polar surface area (TPSA) is 9.03 Å². The largest absolute Gasteiger partial charge is 0.295 e. The van der Waals surface area contributed by atoms with Gasteiger partial charge in [0.15, 0.2) is 5.69 Å². The van der Waals surface area contributed by atoms with E-state index in [0.29, 0.717) is 5.92 Å². The number of rotatable bonds is 2. The van der Waals surface area contributed by atoms with Gasteiger partial charge in [-0.25, -0.2) is 4.57 Å². The minimum absolute atomic E-state index is 0.210. The van der Waals surface area contributed by atoms with Gasteiger partial charge in [-0.2, -0.15) is 4.40 Å². The van der Waals surface area contributed by atoms with Gasteiger partial charge in [0.05, 0.1) is 11.4 Å². The molecule has 31 heavy (non-hydrogen) atoms. The van der Waals surface area contributed by atoms with Crippen molar-refractivity contribution in [2.75, 3.05) is 0 Å². The van der Waals surface area contributed by atoms with Crippen molar-refractivity contribution in [3.63, 3.8) is 0 Å². The molecule has 0 N–H and O–H groups in total. The fraction of sp³-hybridized carbons (Fsp3) is 0.464. The number of aromatic nitrogens is 2. The van der Waals surface area contributed by atoms with Crippen LogP contribution in [-0.4, -0.2) is 12.6 Å². The molecule has 0 aliphatic carbocycles. The molecule has 2 aromatic carbocycles. The normalized spacial score (nSPS) is 22.1. The summed E-state index contributed by atoms with van der Waals surface area (Å²) in [5.41, 5.74) is 7.05. The molecule has 0 bridgehead atoms. The number of aryl methyl sites for hydroxylation is 1. The molecule has 4 aromatic rings. The van der Waals surface area contributed by atoms with Crippen molar-refractivity contribution in [2.24, 2.45) is 0 Å². The van der Waals surface area contributed by atoms with Gasteiger partial charge in [0, 0.05) is 26.8 Å². The molecule has 5 rings (SSSR count). The van der Waals surface area contributed by atoms with Gasteiger partial charge in [0.25, 0.3) is 5.65 Å². The van der Waals surface area contributed by atoms with Gasteiger partial charge in [-0.15, -0.1) is 0 Å². The first-order valence-electron chi connectivity index (χ1n) is 13.1. The number of hydrogen-bond acceptors (Lipinski definition) is 0. The minimum Gasteiger partial charge on any atom is -0.225 e. The predicted octanol–water partition coefficient (Wildman–Crippen LogP) is 6.60. The van der Waals surface area contributed by atoms with Crippen LogP contribution in [0, 0.1) is 13.8 Å². The third kappa shape index (κ3) is 2.31. The molecule has 1 aliphatic heterocycles. The first kappa shape index (κ1) is 17.4. The first-order valence-corrected chi connectivity index (χ1v) is 14.6. The molecule has 0 saturated carbocycles. The highest BCUT2D eigenvalue weighted by Crippen LogP contribution is 2.43. The van der Waals surface area contributed by atoms with Crippen LogP contribution in [-0.2, 0) is 5.04 Å². The van der Waals surface area contributed by atoms with Gasteiger partial charge in [-0.1, -0.05) is 71.0 Å². The number of hydrogen-bond donors (Lipinski definition) is 0. The lowest BCUT2D eigenvalue weighted by Crippen LogP contribution is -2.65. The van der Waals surface area contributed by atoms with Crippen LogP contribution in [0.15, 0.2) is 30.3 Å². The molecule has 1 atom stereocenters. The van der Waals surface area contributed by atoms with E-state index >= 15 is 0 Å². The summed E-state index contributed by atoms with van der Waals surface area (Å²) in [7, 11) is -2.50. The van der Waals surface area contributed by atoms with E-state index in [-0.39, 0.29) is 6.04 Å². The Kier molecular flexibility index (Phi) is 3.50. The fourth-order valence-corrected chi connectivity index (χ4v) is 8.91. The molecule has 0 fully saturated rings. The van der Waals surface area contributed by atoms with E-state index < -0.39 is 20.0 Å². The quantitative estimate of drug-likeness (QED) is 0.192. The SMILES string of the molecule is [2H]C([2H])([2H])C1(C)c2c(C)n(C(C)C)c3c4c(C(C)C)cccc4c4c(C)ccc(c4[n+]23)[Si]1(C)C. The number of nitrogens with zero attached hydrogens (tertiary/aromatic N) is 2. The molecule has 0 spiro atoms. The maximum Gasteiger partial charge on any atom is 0.295 e. The van der Waals surface area contributed by atoms with Crippen LogP contribution in [0.3, 0.4) is 0 Å². The molecular weight excluding hydrogens is 392 g/mol. The summed E-state index contributed by atoms with van der Waals surface area (Å²) in [6.45, 7) is 17.7. The van der Waals surface area contributed by atoms with Gasteiger partial charge in [0.2, 0.25) is 0 Å². The zero-order chi connectivity index (χ0) is 25.1. The molecule has 0 radical (unpaired) electrons. The van der Waals surface area contributed by atoms with Gasteiger partial charge < -0.3 is 0 Å². The maximum atomic E-state index is 8.85. The molecule has 3 heterocycles. The monoisotopic (exact) mass is 432 g/mol. The first-order chi connectivity index (χ1) is 15.7. The van der Waals surface area contributed by atoms with Crippen LogP contribution < -0.4 is 9.59 Å². The minimum atomic E-state index is -2.50. The number of fused-ring (bicyclic) bond motifs is 3. The Hall–Kier alpha value is -2.13. The third-order valence-corrected chi connectivity index (χ3v) is 12.6. The van der Waals surface area contributed by atoms with Crippen molar-refractivity contribution in [1.82, 2.24) is 4.57 Å². The Morgan fingerprint density at radius 1 is 1.03 bits per heavy atom. The van der Waals surface area contributed by atoms with Gasteiger partial charge >= 0.3 is 0 Å². The number of benzene rings is 2. The summed E-state index contributed by atoms with van der Waals surface area (Å²) in [6.07, 6.45) is 0. The van der Waals surface area contributed by atoms with E-state index in [1.54, 1.807) is 0 Å². The summed E-state index contributed by atoms with van der Waals surface area (Å²) in [6, 6.07) is 11.4. The van der Waals surface area contributed by atoms with Crippen LogP contribution in [0.1, 0.15) is 80.1 Å².